The summed E-state index contributed by atoms with van der Waals surface area (Å²) in [7, 11) is 0. The van der Waals surface area contributed by atoms with Crippen molar-refractivity contribution in [3.8, 4) is 0 Å². The maximum Gasteiger partial charge on any atom is 0.211 e. The molecule has 0 unspecified atom stereocenters. The molecule has 0 fully saturated rings. The molecule has 0 atom stereocenters. The van der Waals surface area contributed by atoms with Gasteiger partial charge in [0.15, 0.2) is 0 Å². The van der Waals surface area contributed by atoms with Gasteiger partial charge in [0, 0.05) is 23.1 Å². The van der Waals surface area contributed by atoms with E-state index in [1.165, 1.54) is 0 Å². The van der Waals surface area contributed by atoms with Gasteiger partial charge in [0.2, 0.25) is 5.78 Å². The topological polar surface area (TPSA) is 44.9 Å². The SMILES string of the molecule is O=C1/C(=C\c2ccc[nH]2)Nc2ccccc21. The Hall–Kier alpha value is -2.29. The number of nitrogens with one attached hydrogen (secondary N) is 2. The van der Waals surface area contributed by atoms with Crippen molar-refractivity contribution in [2.75, 3.05) is 5.32 Å². The van der Waals surface area contributed by atoms with Gasteiger partial charge in [-0.1, -0.05) is 12.1 Å². The zero-order valence-corrected chi connectivity index (χ0v) is 8.53. The summed E-state index contributed by atoms with van der Waals surface area (Å²) < 4.78 is 0. The highest BCUT2D eigenvalue weighted by atomic mass is 16.1. The number of aromatic amines is 1. The van der Waals surface area contributed by atoms with Crippen LogP contribution in [0.2, 0.25) is 0 Å². The van der Waals surface area contributed by atoms with Crippen LogP contribution in [-0.2, 0) is 0 Å². The highest BCUT2D eigenvalue weighted by Crippen LogP contribution is 2.28. The Bertz CT molecular complexity index is 567. The van der Waals surface area contributed by atoms with Crippen LogP contribution in [0.5, 0.6) is 0 Å². The first kappa shape index (κ1) is 8.97. The van der Waals surface area contributed by atoms with E-state index in [1.54, 1.807) is 0 Å². The summed E-state index contributed by atoms with van der Waals surface area (Å²) in [6.07, 6.45) is 3.65. The molecule has 0 saturated heterocycles. The number of anilines is 1. The number of allylic oxidation sites excluding steroid dienone is 1. The van der Waals surface area contributed by atoms with Crippen LogP contribution in [0.15, 0.2) is 48.3 Å². The summed E-state index contributed by atoms with van der Waals surface area (Å²) in [5, 5.41) is 3.11. The van der Waals surface area contributed by atoms with Crippen molar-refractivity contribution in [3.05, 3.63) is 59.5 Å². The summed E-state index contributed by atoms with van der Waals surface area (Å²) in [5.41, 5.74) is 3.15. The summed E-state index contributed by atoms with van der Waals surface area (Å²) in [6, 6.07) is 11.3. The number of fused-ring (bicyclic) bond motifs is 1. The number of ketones is 1. The predicted molar refractivity (Wildman–Crippen MR) is 63.2 cm³/mol. The monoisotopic (exact) mass is 210 g/mol. The number of aromatic nitrogens is 1. The largest absolute Gasteiger partial charge is 0.362 e. The Morgan fingerprint density at radius 1 is 1.06 bits per heavy atom. The molecule has 0 saturated carbocycles. The number of carbonyl (C=O) groups is 1. The third-order valence-electron chi connectivity index (χ3n) is 2.61. The van der Waals surface area contributed by atoms with Crippen molar-refractivity contribution in [1.82, 2.24) is 4.98 Å². The van der Waals surface area contributed by atoms with Crippen molar-refractivity contribution < 1.29 is 4.79 Å². The Labute approximate surface area is 92.8 Å². The fraction of sp³-hybridized carbons (Fsp3) is 0. The number of carbonyl (C=O) groups excluding carboxylic acids is 1. The molecule has 16 heavy (non-hydrogen) atoms. The standard InChI is InChI=1S/C13H10N2O/c16-13-10-5-1-2-6-11(10)15-12(13)8-9-4-3-7-14-9/h1-8,14-15H/b12-8+. The molecule has 78 valence electrons. The van der Waals surface area contributed by atoms with Gasteiger partial charge in [-0.25, -0.2) is 0 Å². The zero-order valence-electron chi connectivity index (χ0n) is 8.53. The van der Waals surface area contributed by atoms with Crippen LogP contribution in [0.25, 0.3) is 6.08 Å². The first-order chi connectivity index (χ1) is 7.84. The Morgan fingerprint density at radius 2 is 1.94 bits per heavy atom. The highest BCUT2D eigenvalue weighted by Gasteiger charge is 2.23. The van der Waals surface area contributed by atoms with E-state index in [0.717, 1.165) is 16.9 Å². The second-order valence-corrected chi connectivity index (χ2v) is 3.68. The van der Waals surface area contributed by atoms with Crippen LogP contribution < -0.4 is 5.32 Å². The summed E-state index contributed by atoms with van der Waals surface area (Å²) in [5.74, 6) is 0.0465. The van der Waals surface area contributed by atoms with Gasteiger partial charge < -0.3 is 10.3 Å². The lowest BCUT2D eigenvalue weighted by molar-refractivity contribution is 0.104. The number of para-hydroxylation sites is 1. The van der Waals surface area contributed by atoms with Gasteiger partial charge in [0.25, 0.3) is 0 Å². The molecule has 1 aliphatic heterocycles. The minimum Gasteiger partial charge on any atom is -0.362 e. The molecule has 2 heterocycles. The number of hydrogen-bond acceptors (Lipinski definition) is 2. The van der Waals surface area contributed by atoms with E-state index in [1.807, 2.05) is 48.7 Å². The maximum absolute atomic E-state index is 12.0. The lowest BCUT2D eigenvalue weighted by Crippen LogP contribution is -1.99. The van der Waals surface area contributed by atoms with Crippen LogP contribution >= 0.6 is 0 Å². The molecule has 0 aliphatic carbocycles. The van der Waals surface area contributed by atoms with Gasteiger partial charge in [-0.15, -0.1) is 0 Å². The van der Waals surface area contributed by atoms with E-state index in [-0.39, 0.29) is 5.78 Å². The number of rotatable bonds is 1. The van der Waals surface area contributed by atoms with E-state index in [9.17, 15) is 4.79 Å². The fourth-order valence-corrected chi connectivity index (χ4v) is 1.83. The first-order valence-electron chi connectivity index (χ1n) is 5.10. The first-order valence-corrected chi connectivity index (χ1v) is 5.10. The van der Waals surface area contributed by atoms with E-state index >= 15 is 0 Å². The van der Waals surface area contributed by atoms with Gasteiger partial charge in [-0.3, -0.25) is 4.79 Å². The Morgan fingerprint density at radius 3 is 2.69 bits per heavy atom. The predicted octanol–water partition coefficient (Wildman–Crippen LogP) is 2.66. The third kappa shape index (κ3) is 1.34. The minimum absolute atomic E-state index is 0.0465. The van der Waals surface area contributed by atoms with E-state index in [2.05, 4.69) is 10.3 Å². The van der Waals surface area contributed by atoms with Crippen molar-refractivity contribution >= 4 is 17.5 Å². The number of hydrogen-bond donors (Lipinski definition) is 2. The Balaban J connectivity index is 2.02. The molecule has 1 aromatic carbocycles. The summed E-state index contributed by atoms with van der Waals surface area (Å²) in [6.45, 7) is 0. The average molecular weight is 210 g/mol. The lowest BCUT2D eigenvalue weighted by atomic mass is 10.1. The quantitative estimate of drug-likeness (QED) is 0.711. The molecule has 0 bridgehead atoms. The van der Waals surface area contributed by atoms with Gasteiger partial charge in [-0.2, -0.15) is 0 Å². The molecule has 3 heteroatoms. The van der Waals surface area contributed by atoms with Crippen molar-refractivity contribution in [3.63, 3.8) is 0 Å². The van der Waals surface area contributed by atoms with Crippen molar-refractivity contribution in [1.29, 1.82) is 0 Å². The fourth-order valence-electron chi connectivity index (χ4n) is 1.83. The second kappa shape index (κ2) is 3.38. The number of H-pyrrole nitrogens is 1. The van der Waals surface area contributed by atoms with Gasteiger partial charge >= 0.3 is 0 Å². The molecule has 2 N–H and O–H groups in total. The molecule has 3 rings (SSSR count). The lowest BCUT2D eigenvalue weighted by Gasteiger charge is -1.96. The molecule has 0 radical (unpaired) electrons. The average Bonchev–Trinajstić information content (AvgIpc) is 2.90. The molecule has 0 amide bonds. The molecule has 1 aliphatic rings. The van der Waals surface area contributed by atoms with Crippen LogP contribution in [0.1, 0.15) is 16.1 Å². The van der Waals surface area contributed by atoms with Gasteiger partial charge in [-0.05, 0) is 30.3 Å². The number of Topliss-reactive ketones (excluding diaryl/α,β-unsaturated/α-hetero) is 1. The van der Waals surface area contributed by atoms with Crippen LogP contribution in [0.3, 0.4) is 0 Å². The molecule has 1 aromatic heterocycles. The molecular formula is C13H10N2O. The number of benzene rings is 1. The molecule has 3 nitrogen and oxygen atoms in total. The summed E-state index contributed by atoms with van der Waals surface area (Å²) >= 11 is 0. The summed E-state index contributed by atoms with van der Waals surface area (Å²) in [4.78, 5) is 15.0. The van der Waals surface area contributed by atoms with Crippen molar-refractivity contribution in [2.45, 2.75) is 0 Å². The van der Waals surface area contributed by atoms with E-state index in [0.29, 0.717) is 5.70 Å². The molecular weight excluding hydrogens is 200 g/mol. The molecule has 2 aromatic rings. The van der Waals surface area contributed by atoms with E-state index in [4.69, 9.17) is 0 Å². The van der Waals surface area contributed by atoms with Crippen molar-refractivity contribution in [2.24, 2.45) is 0 Å². The van der Waals surface area contributed by atoms with Crippen LogP contribution in [0.4, 0.5) is 5.69 Å². The normalized spacial score (nSPS) is 16.2. The highest BCUT2D eigenvalue weighted by molar-refractivity contribution is 6.20. The van der Waals surface area contributed by atoms with Crippen LogP contribution in [-0.4, -0.2) is 10.8 Å². The second-order valence-electron chi connectivity index (χ2n) is 3.68. The smallest absolute Gasteiger partial charge is 0.211 e. The van der Waals surface area contributed by atoms with Crippen LogP contribution in [0, 0.1) is 0 Å². The minimum atomic E-state index is 0.0465. The van der Waals surface area contributed by atoms with E-state index < -0.39 is 0 Å². The zero-order chi connectivity index (χ0) is 11.0. The van der Waals surface area contributed by atoms with Gasteiger partial charge in [0.05, 0.1) is 5.70 Å². The third-order valence-corrected chi connectivity index (χ3v) is 2.61. The molecule has 0 spiro atoms. The Kier molecular flexibility index (Phi) is 1.90. The maximum atomic E-state index is 12.0. The van der Waals surface area contributed by atoms with Gasteiger partial charge in [0.1, 0.15) is 0 Å².